The molecule has 3 atom stereocenters. The number of carbonyl (C=O) groups is 2. The monoisotopic (exact) mass is 657 g/mol. The summed E-state index contributed by atoms with van der Waals surface area (Å²) in [6.07, 6.45) is 2.07. The van der Waals surface area contributed by atoms with Gasteiger partial charge in [0.15, 0.2) is 6.29 Å². The van der Waals surface area contributed by atoms with Crippen molar-refractivity contribution in [3.63, 3.8) is 0 Å². The molecule has 3 aromatic rings. The number of nitrogens with zero attached hydrogens (tertiary/aromatic N) is 2. The number of benzene rings is 3. The summed E-state index contributed by atoms with van der Waals surface area (Å²) < 4.78 is 22.3. The molecule has 1 aliphatic heterocycles. The third-order valence-corrected chi connectivity index (χ3v) is 9.51. The first kappa shape index (κ1) is 35.5. The van der Waals surface area contributed by atoms with E-state index in [4.69, 9.17) is 18.9 Å². The first-order chi connectivity index (χ1) is 23.3. The van der Waals surface area contributed by atoms with Crippen LogP contribution in [0.5, 0.6) is 0 Å². The number of anilines is 1. The molecule has 258 valence electrons. The van der Waals surface area contributed by atoms with Crippen LogP contribution in [0.25, 0.3) is 11.1 Å². The van der Waals surface area contributed by atoms with Crippen molar-refractivity contribution < 1.29 is 28.5 Å². The van der Waals surface area contributed by atoms with Gasteiger partial charge in [-0.05, 0) is 67.7 Å². The SMILES string of the molecule is COC(CN(C(=O)CCOCCc1cccc(CN2CC3C[C@H](OC(=O)Nc4ccccc4-c4ccccc4)C[C@H]3C2)c1)C(C)C)OC. The van der Waals surface area contributed by atoms with Crippen molar-refractivity contribution in [2.45, 2.75) is 64.5 Å². The predicted octanol–water partition coefficient (Wildman–Crippen LogP) is 6.62. The largest absolute Gasteiger partial charge is 0.446 e. The minimum Gasteiger partial charge on any atom is -0.446 e. The Balaban J connectivity index is 1.01. The fraction of sp³-hybridized carbons (Fsp3) is 0.487. The molecule has 1 heterocycles. The summed E-state index contributed by atoms with van der Waals surface area (Å²) in [5.74, 6) is 1.12. The number of para-hydroxylation sites is 1. The lowest BCUT2D eigenvalue weighted by Gasteiger charge is -2.29. The zero-order valence-corrected chi connectivity index (χ0v) is 28.8. The summed E-state index contributed by atoms with van der Waals surface area (Å²) in [5, 5.41) is 2.99. The number of fused-ring (bicyclic) bond motifs is 1. The highest BCUT2D eigenvalue weighted by molar-refractivity contribution is 5.91. The maximum absolute atomic E-state index is 12.9. The molecular formula is C39H51N3O6. The van der Waals surface area contributed by atoms with Crippen molar-refractivity contribution in [3.8, 4) is 11.1 Å². The van der Waals surface area contributed by atoms with Gasteiger partial charge in [0.05, 0.1) is 31.9 Å². The summed E-state index contributed by atoms with van der Waals surface area (Å²) in [7, 11) is 3.16. The van der Waals surface area contributed by atoms with Gasteiger partial charge >= 0.3 is 6.09 Å². The Morgan fingerprint density at radius 1 is 0.875 bits per heavy atom. The van der Waals surface area contributed by atoms with Gasteiger partial charge in [0, 0.05) is 45.5 Å². The first-order valence-electron chi connectivity index (χ1n) is 17.2. The zero-order valence-electron chi connectivity index (χ0n) is 28.8. The Hall–Kier alpha value is -3.76. The number of hydrogen-bond acceptors (Lipinski definition) is 7. The van der Waals surface area contributed by atoms with Gasteiger partial charge in [-0.15, -0.1) is 0 Å². The van der Waals surface area contributed by atoms with Gasteiger partial charge < -0.3 is 23.8 Å². The summed E-state index contributed by atoms with van der Waals surface area (Å²) in [5.41, 5.74) is 5.32. The van der Waals surface area contributed by atoms with Crippen molar-refractivity contribution in [2.75, 3.05) is 52.4 Å². The van der Waals surface area contributed by atoms with E-state index < -0.39 is 6.29 Å². The maximum atomic E-state index is 12.9. The normalized spacial score (nSPS) is 19.1. The van der Waals surface area contributed by atoms with Gasteiger partial charge in [0.25, 0.3) is 0 Å². The van der Waals surface area contributed by atoms with Gasteiger partial charge in [0.1, 0.15) is 6.10 Å². The number of nitrogens with one attached hydrogen (secondary N) is 1. The van der Waals surface area contributed by atoms with Crippen LogP contribution in [-0.2, 0) is 36.7 Å². The lowest BCUT2D eigenvalue weighted by molar-refractivity contribution is -0.149. The molecule has 0 spiro atoms. The van der Waals surface area contributed by atoms with E-state index in [1.807, 2.05) is 68.4 Å². The molecular weight excluding hydrogens is 606 g/mol. The number of amides is 2. The van der Waals surface area contributed by atoms with Crippen molar-refractivity contribution in [2.24, 2.45) is 11.8 Å². The molecule has 5 rings (SSSR count). The van der Waals surface area contributed by atoms with Crippen LogP contribution in [0.1, 0.15) is 44.2 Å². The smallest absolute Gasteiger partial charge is 0.411 e. The minimum atomic E-state index is -0.441. The summed E-state index contributed by atoms with van der Waals surface area (Å²) in [6, 6.07) is 26.7. The van der Waals surface area contributed by atoms with E-state index in [9.17, 15) is 9.59 Å². The first-order valence-corrected chi connectivity index (χ1v) is 17.2. The van der Waals surface area contributed by atoms with E-state index in [0.717, 1.165) is 55.7 Å². The van der Waals surface area contributed by atoms with Gasteiger partial charge in [-0.1, -0.05) is 72.8 Å². The number of carbonyl (C=O) groups excluding carboxylic acids is 2. The van der Waals surface area contributed by atoms with Crippen LogP contribution in [0.4, 0.5) is 10.5 Å². The molecule has 1 saturated heterocycles. The van der Waals surface area contributed by atoms with E-state index in [1.165, 1.54) is 11.1 Å². The second kappa shape index (κ2) is 17.6. The topological polar surface area (TPSA) is 89.6 Å². The van der Waals surface area contributed by atoms with Crippen LogP contribution >= 0.6 is 0 Å². The van der Waals surface area contributed by atoms with E-state index in [2.05, 4.69) is 34.5 Å². The number of methoxy groups -OCH3 is 2. The van der Waals surface area contributed by atoms with Crippen molar-refractivity contribution in [1.82, 2.24) is 9.80 Å². The molecule has 1 aliphatic carbocycles. The molecule has 2 amide bonds. The Kier molecular flexibility index (Phi) is 13.0. The van der Waals surface area contributed by atoms with Gasteiger partial charge in [0.2, 0.25) is 5.91 Å². The third kappa shape index (κ3) is 9.89. The number of likely N-dealkylation sites (tertiary alicyclic amines) is 1. The van der Waals surface area contributed by atoms with Crippen molar-refractivity contribution >= 4 is 17.7 Å². The predicted molar refractivity (Wildman–Crippen MR) is 187 cm³/mol. The van der Waals surface area contributed by atoms with Crippen LogP contribution in [0.3, 0.4) is 0 Å². The molecule has 3 aromatic carbocycles. The molecule has 48 heavy (non-hydrogen) atoms. The molecule has 0 radical (unpaired) electrons. The quantitative estimate of drug-likeness (QED) is 0.137. The lowest BCUT2D eigenvalue weighted by atomic mass is 10.0. The molecule has 9 nitrogen and oxygen atoms in total. The van der Waals surface area contributed by atoms with Crippen LogP contribution in [0, 0.1) is 11.8 Å². The van der Waals surface area contributed by atoms with E-state index in [-0.39, 0.29) is 24.1 Å². The zero-order chi connectivity index (χ0) is 33.9. The summed E-state index contributed by atoms with van der Waals surface area (Å²) >= 11 is 0. The van der Waals surface area contributed by atoms with Crippen LogP contribution in [-0.4, -0.2) is 87.3 Å². The highest BCUT2D eigenvalue weighted by Crippen LogP contribution is 2.40. The van der Waals surface area contributed by atoms with Crippen molar-refractivity contribution in [1.29, 1.82) is 0 Å². The van der Waals surface area contributed by atoms with Crippen LogP contribution < -0.4 is 5.32 Å². The Bertz CT molecular complexity index is 1450. The summed E-state index contributed by atoms with van der Waals surface area (Å²) in [4.78, 5) is 29.9. The van der Waals surface area contributed by atoms with E-state index in [0.29, 0.717) is 38.0 Å². The van der Waals surface area contributed by atoms with Crippen LogP contribution in [0.2, 0.25) is 0 Å². The Morgan fingerprint density at radius 3 is 2.27 bits per heavy atom. The second-order valence-corrected chi connectivity index (χ2v) is 13.2. The molecule has 2 fully saturated rings. The summed E-state index contributed by atoms with van der Waals surface area (Å²) in [6.45, 7) is 8.28. The molecule has 0 aromatic heterocycles. The number of ether oxygens (including phenoxy) is 4. The van der Waals surface area contributed by atoms with Crippen molar-refractivity contribution in [3.05, 3.63) is 90.0 Å². The fourth-order valence-electron chi connectivity index (χ4n) is 7.06. The highest BCUT2D eigenvalue weighted by Gasteiger charge is 2.42. The average molecular weight is 658 g/mol. The van der Waals surface area contributed by atoms with E-state index in [1.54, 1.807) is 19.1 Å². The maximum Gasteiger partial charge on any atom is 0.411 e. The number of hydrogen-bond donors (Lipinski definition) is 1. The molecule has 1 saturated carbocycles. The average Bonchev–Trinajstić information content (AvgIpc) is 3.63. The Labute approximate surface area is 285 Å². The van der Waals surface area contributed by atoms with Crippen LogP contribution in [0.15, 0.2) is 78.9 Å². The van der Waals surface area contributed by atoms with Gasteiger partial charge in [-0.3, -0.25) is 15.0 Å². The van der Waals surface area contributed by atoms with Gasteiger partial charge in [-0.25, -0.2) is 4.79 Å². The highest BCUT2D eigenvalue weighted by atomic mass is 16.7. The van der Waals surface area contributed by atoms with E-state index >= 15 is 0 Å². The molecule has 0 bridgehead atoms. The standard InChI is InChI=1S/C39H51N3O6/c1-28(2)42(27-38(45-3)46-4)37(43)18-20-47-19-17-29-11-10-12-30(21-29)24-41-25-32-22-34(23-33(32)26-41)48-39(44)40-36-16-9-8-15-35(36)31-13-6-5-7-14-31/h5-16,21,28,32-34,38H,17-20,22-27H2,1-4H3,(H,40,44)/t32-,33?,34+/m0/s1. The van der Waals surface area contributed by atoms with Gasteiger partial charge in [-0.2, -0.15) is 0 Å². The second-order valence-electron chi connectivity index (χ2n) is 13.2. The lowest BCUT2D eigenvalue weighted by Crippen LogP contribution is -2.43. The molecule has 2 aliphatic rings. The molecule has 1 unspecified atom stereocenters. The minimum absolute atomic E-state index is 0.0345. The molecule has 9 heteroatoms. The fourth-order valence-corrected chi connectivity index (χ4v) is 7.06. The Morgan fingerprint density at radius 2 is 1.56 bits per heavy atom. The molecule has 1 N–H and O–H groups in total. The third-order valence-electron chi connectivity index (χ3n) is 9.51. The number of rotatable bonds is 16.